The van der Waals surface area contributed by atoms with Crippen molar-refractivity contribution in [1.29, 1.82) is 0 Å². The third-order valence-corrected chi connectivity index (χ3v) is 3.19. The molecule has 1 aromatic carbocycles. The summed E-state index contributed by atoms with van der Waals surface area (Å²) in [5.41, 5.74) is 5.53. The highest BCUT2D eigenvalue weighted by atomic mass is 16.5. The van der Waals surface area contributed by atoms with E-state index in [9.17, 15) is 9.59 Å². The first-order chi connectivity index (χ1) is 11.1. The Kier molecular flexibility index (Phi) is 5.24. The van der Waals surface area contributed by atoms with Crippen LogP contribution in [0.3, 0.4) is 0 Å². The van der Waals surface area contributed by atoms with Gasteiger partial charge in [0.05, 0.1) is 13.7 Å². The summed E-state index contributed by atoms with van der Waals surface area (Å²) in [4.78, 5) is 24.1. The number of rotatable bonds is 5. The molecule has 0 aliphatic heterocycles. The van der Waals surface area contributed by atoms with E-state index in [1.165, 1.54) is 7.11 Å². The smallest absolute Gasteiger partial charge is 0.286 e. The molecule has 0 fully saturated rings. The second-order valence-electron chi connectivity index (χ2n) is 4.71. The van der Waals surface area contributed by atoms with E-state index in [1.54, 1.807) is 48.1 Å². The Labute approximate surface area is 134 Å². The van der Waals surface area contributed by atoms with Gasteiger partial charge in [0.25, 0.3) is 11.8 Å². The lowest BCUT2D eigenvalue weighted by atomic mass is 10.2. The lowest BCUT2D eigenvalue weighted by Gasteiger charge is -2.12. The second kappa shape index (κ2) is 7.35. The van der Waals surface area contributed by atoms with Crippen molar-refractivity contribution in [2.24, 2.45) is 7.05 Å². The highest BCUT2D eigenvalue weighted by molar-refractivity contribution is 5.98. The molecule has 0 saturated heterocycles. The molecule has 0 unspecified atom stereocenters. The first-order valence-electron chi connectivity index (χ1n) is 7.09. The summed E-state index contributed by atoms with van der Waals surface area (Å²) in [5.74, 6) is 0.160. The minimum absolute atomic E-state index is 0.349. The highest BCUT2D eigenvalue weighted by Crippen LogP contribution is 2.27. The number of nitrogens with one attached hydrogen (secondary N) is 2. The number of hydrogen-bond acceptors (Lipinski definition) is 4. The Morgan fingerprint density at radius 2 is 1.87 bits per heavy atom. The van der Waals surface area contributed by atoms with E-state index in [2.05, 4.69) is 10.9 Å². The monoisotopic (exact) mass is 317 g/mol. The van der Waals surface area contributed by atoms with Gasteiger partial charge in [-0.3, -0.25) is 20.4 Å². The molecule has 2 amide bonds. The van der Waals surface area contributed by atoms with E-state index in [1.807, 2.05) is 6.92 Å². The summed E-state index contributed by atoms with van der Waals surface area (Å²) in [7, 11) is 3.27. The zero-order valence-corrected chi connectivity index (χ0v) is 13.3. The van der Waals surface area contributed by atoms with E-state index in [4.69, 9.17) is 9.47 Å². The van der Waals surface area contributed by atoms with Crippen molar-refractivity contribution in [1.82, 2.24) is 15.4 Å². The van der Waals surface area contributed by atoms with Gasteiger partial charge in [-0.1, -0.05) is 0 Å². The highest BCUT2D eigenvalue weighted by Gasteiger charge is 2.13. The predicted octanol–water partition coefficient (Wildman–Crippen LogP) is 1.51. The maximum atomic E-state index is 12.1. The van der Waals surface area contributed by atoms with Crippen LogP contribution in [0.25, 0.3) is 0 Å². The van der Waals surface area contributed by atoms with Gasteiger partial charge in [0.1, 0.15) is 5.69 Å². The van der Waals surface area contributed by atoms with E-state index >= 15 is 0 Å². The molecule has 0 spiro atoms. The van der Waals surface area contributed by atoms with Crippen molar-refractivity contribution in [3.05, 3.63) is 47.8 Å². The molecule has 7 heteroatoms. The van der Waals surface area contributed by atoms with Gasteiger partial charge in [0.15, 0.2) is 11.5 Å². The van der Waals surface area contributed by atoms with E-state index in [0.29, 0.717) is 29.4 Å². The fourth-order valence-electron chi connectivity index (χ4n) is 2.03. The number of methoxy groups -OCH3 is 1. The van der Waals surface area contributed by atoms with Crippen LogP contribution in [0.5, 0.6) is 11.5 Å². The van der Waals surface area contributed by atoms with Crippen LogP contribution in [-0.2, 0) is 7.05 Å². The van der Waals surface area contributed by atoms with Crippen molar-refractivity contribution in [3.63, 3.8) is 0 Å². The van der Waals surface area contributed by atoms with Gasteiger partial charge >= 0.3 is 0 Å². The lowest BCUT2D eigenvalue weighted by Crippen LogP contribution is -2.42. The molecule has 2 aromatic rings. The molecule has 1 aromatic heterocycles. The Bertz CT molecular complexity index is 709. The number of nitrogens with zero attached hydrogens (tertiary/aromatic N) is 1. The number of aryl methyl sites for hydroxylation is 1. The predicted molar refractivity (Wildman–Crippen MR) is 84.5 cm³/mol. The van der Waals surface area contributed by atoms with Crippen molar-refractivity contribution < 1.29 is 19.1 Å². The van der Waals surface area contributed by atoms with E-state index in [0.717, 1.165) is 0 Å². The first-order valence-corrected chi connectivity index (χ1v) is 7.09. The average Bonchev–Trinajstić information content (AvgIpc) is 2.98. The van der Waals surface area contributed by atoms with Crippen LogP contribution in [0.4, 0.5) is 0 Å². The normalized spacial score (nSPS) is 10.0. The van der Waals surface area contributed by atoms with Crippen molar-refractivity contribution in [2.45, 2.75) is 6.92 Å². The SMILES string of the molecule is CCOc1cc(C(=O)NNC(=O)c2cccn2C)ccc1OC. The van der Waals surface area contributed by atoms with Crippen molar-refractivity contribution in [2.75, 3.05) is 13.7 Å². The summed E-state index contributed by atoms with van der Waals surface area (Å²) >= 11 is 0. The molecule has 0 atom stereocenters. The van der Waals surface area contributed by atoms with E-state index in [-0.39, 0.29) is 0 Å². The van der Waals surface area contributed by atoms with Gasteiger partial charge in [-0.15, -0.1) is 0 Å². The first kappa shape index (κ1) is 16.4. The van der Waals surface area contributed by atoms with Crippen LogP contribution < -0.4 is 20.3 Å². The Morgan fingerprint density at radius 1 is 1.13 bits per heavy atom. The van der Waals surface area contributed by atoms with Crippen LogP contribution in [0, 0.1) is 0 Å². The molecule has 0 aliphatic carbocycles. The summed E-state index contributed by atoms with van der Waals surface area (Å²) in [6.45, 7) is 2.29. The number of amides is 2. The maximum Gasteiger partial charge on any atom is 0.286 e. The lowest BCUT2D eigenvalue weighted by molar-refractivity contribution is 0.0842. The molecule has 0 radical (unpaired) electrons. The number of benzene rings is 1. The standard InChI is InChI=1S/C16H19N3O4/c1-4-23-14-10-11(7-8-13(14)22-3)15(20)17-18-16(21)12-6-5-9-19(12)2/h5-10H,4H2,1-3H3,(H,17,20)(H,18,21). The number of carbonyl (C=O) groups excluding carboxylic acids is 2. The van der Waals surface area contributed by atoms with Gasteiger partial charge in [-0.05, 0) is 37.3 Å². The molecule has 23 heavy (non-hydrogen) atoms. The fourth-order valence-corrected chi connectivity index (χ4v) is 2.03. The topological polar surface area (TPSA) is 81.6 Å². The molecular weight excluding hydrogens is 298 g/mol. The Balaban J connectivity index is 2.04. The zero-order chi connectivity index (χ0) is 16.8. The van der Waals surface area contributed by atoms with Crippen LogP contribution in [-0.4, -0.2) is 30.1 Å². The molecule has 2 rings (SSSR count). The molecule has 0 saturated carbocycles. The third-order valence-electron chi connectivity index (χ3n) is 3.19. The minimum atomic E-state index is -0.448. The molecular formula is C16H19N3O4. The van der Waals surface area contributed by atoms with E-state index < -0.39 is 11.8 Å². The quantitative estimate of drug-likeness (QED) is 0.819. The fraction of sp³-hybridized carbons (Fsp3) is 0.250. The van der Waals surface area contributed by atoms with Crippen molar-refractivity contribution >= 4 is 11.8 Å². The second-order valence-corrected chi connectivity index (χ2v) is 4.71. The molecule has 0 aliphatic rings. The Morgan fingerprint density at radius 3 is 2.48 bits per heavy atom. The van der Waals surface area contributed by atoms with Gasteiger partial charge in [0.2, 0.25) is 0 Å². The van der Waals surface area contributed by atoms with Gasteiger partial charge in [-0.25, -0.2) is 0 Å². The van der Waals surface area contributed by atoms with Gasteiger partial charge in [0, 0.05) is 18.8 Å². The number of aromatic nitrogens is 1. The molecule has 122 valence electrons. The molecule has 2 N–H and O–H groups in total. The zero-order valence-electron chi connectivity index (χ0n) is 13.3. The van der Waals surface area contributed by atoms with Crippen LogP contribution in [0.15, 0.2) is 36.5 Å². The molecule has 0 bridgehead atoms. The Hall–Kier alpha value is -2.96. The van der Waals surface area contributed by atoms with Crippen LogP contribution in [0.1, 0.15) is 27.8 Å². The van der Waals surface area contributed by atoms with Crippen LogP contribution >= 0.6 is 0 Å². The largest absolute Gasteiger partial charge is 0.493 e. The van der Waals surface area contributed by atoms with Gasteiger partial charge in [-0.2, -0.15) is 0 Å². The maximum absolute atomic E-state index is 12.1. The number of hydrazine groups is 1. The van der Waals surface area contributed by atoms with Crippen molar-refractivity contribution in [3.8, 4) is 11.5 Å². The minimum Gasteiger partial charge on any atom is -0.493 e. The van der Waals surface area contributed by atoms with Gasteiger partial charge < -0.3 is 14.0 Å². The number of ether oxygens (including phenoxy) is 2. The third kappa shape index (κ3) is 3.82. The number of carbonyl (C=O) groups is 2. The summed E-state index contributed by atoms with van der Waals surface area (Å²) < 4.78 is 12.2. The summed E-state index contributed by atoms with van der Waals surface area (Å²) in [6, 6.07) is 8.19. The summed E-state index contributed by atoms with van der Waals surface area (Å²) in [6.07, 6.45) is 1.74. The summed E-state index contributed by atoms with van der Waals surface area (Å²) in [5, 5.41) is 0. The number of hydrogen-bond donors (Lipinski definition) is 2. The molecule has 7 nitrogen and oxygen atoms in total. The molecule has 1 heterocycles. The van der Waals surface area contributed by atoms with Crippen LogP contribution in [0.2, 0.25) is 0 Å². The average molecular weight is 317 g/mol.